The summed E-state index contributed by atoms with van der Waals surface area (Å²) < 4.78 is 15.2. The highest BCUT2D eigenvalue weighted by Gasteiger charge is 2.11. The fourth-order valence-corrected chi connectivity index (χ4v) is 1.81. The second kappa shape index (κ2) is 7.85. The second-order valence-corrected chi connectivity index (χ2v) is 5.13. The molecule has 0 aromatic rings. The first-order chi connectivity index (χ1) is 6.95. The Morgan fingerprint density at radius 3 is 2.33 bits per heavy atom. The highest BCUT2D eigenvalue weighted by molar-refractivity contribution is 7.51. The van der Waals surface area contributed by atoms with Gasteiger partial charge in [-0.15, -0.1) is 0 Å². The average Bonchev–Trinajstić information content (AvgIpc) is 2.09. The summed E-state index contributed by atoms with van der Waals surface area (Å²) in [6.07, 6.45) is 3.10. The first-order valence-corrected chi connectivity index (χ1v) is 6.95. The van der Waals surface area contributed by atoms with E-state index in [1.54, 1.807) is 6.92 Å². The molecule has 2 N–H and O–H groups in total. The highest BCUT2D eigenvalue weighted by Crippen LogP contribution is 2.35. The molecule has 0 amide bonds. The van der Waals surface area contributed by atoms with Crippen molar-refractivity contribution in [3.8, 4) is 0 Å². The Bertz CT molecular complexity index is 223. The molecule has 0 aromatic heterocycles. The Kier molecular flexibility index (Phi) is 7.65. The van der Waals surface area contributed by atoms with Crippen molar-refractivity contribution in [1.29, 1.82) is 0 Å². The second-order valence-electron chi connectivity index (χ2n) is 3.36. The molecule has 0 saturated carbocycles. The molecule has 0 aliphatic heterocycles. The molecule has 0 aliphatic rings. The summed E-state index contributed by atoms with van der Waals surface area (Å²) in [7, 11) is -3.84. The van der Waals surface area contributed by atoms with Crippen molar-refractivity contribution in [2.45, 2.75) is 39.0 Å². The molecule has 0 radical (unpaired) electrons. The molecular weight excluding hydrogens is 219 g/mol. The third kappa shape index (κ3) is 11.5. The lowest BCUT2D eigenvalue weighted by Crippen LogP contribution is -2.03. The van der Waals surface area contributed by atoms with E-state index in [1.807, 2.05) is 0 Å². The maximum absolute atomic E-state index is 10.9. The molecule has 0 unspecified atom stereocenters. The summed E-state index contributed by atoms with van der Waals surface area (Å²) in [4.78, 5) is 28.0. The lowest BCUT2D eigenvalue weighted by molar-refractivity contribution is -0.143. The first-order valence-electron chi connectivity index (χ1n) is 5.16. The SMILES string of the molecule is CCOC(=O)CCCCCCP(=O)(O)O. The fourth-order valence-electron chi connectivity index (χ4n) is 1.17. The van der Waals surface area contributed by atoms with Crippen molar-refractivity contribution in [3.05, 3.63) is 0 Å². The van der Waals surface area contributed by atoms with E-state index in [0.29, 0.717) is 19.4 Å². The van der Waals surface area contributed by atoms with Gasteiger partial charge in [0.25, 0.3) is 0 Å². The van der Waals surface area contributed by atoms with Crippen LogP contribution in [0.25, 0.3) is 0 Å². The largest absolute Gasteiger partial charge is 0.466 e. The predicted octanol–water partition coefficient (Wildman–Crippen LogP) is 1.68. The maximum atomic E-state index is 10.9. The smallest absolute Gasteiger partial charge is 0.325 e. The maximum Gasteiger partial charge on any atom is 0.325 e. The molecule has 0 spiro atoms. The Hall–Kier alpha value is -0.380. The van der Waals surface area contributed by atoms with Gasteiger partial charge in [0.05, 0.1) is 6.61 Å². The Morgan fingerprint density at radius 2 is 1.80 bits per heavy atom. The third-order valence-electron chi connectivity index (χ3n) is 1.89. The van der Waals surface area contributed by atoms with Crippen LogP contribution in [-0.2, 0) is 14.1 Å². The van der Waals surface area contributed by atoms with Crippen molar-refractivity contribution in [3.63, 3.8) is 0 Å². The Labute approximate surface area is 90.0 Å². The zero-order valence-electron chi connectivity index (χ0n) is 9.02. The number of carbonyl (C=O) groups is 1. The van der Waals surface area contributed by atoms with Crippen LogP contribution in [0.15, 0.2) is 0 Å². The van der Waals surface area contributed by atoms with Crippen molar-refractivity contribution < 1.29 is 23.9 Å². The monoisotopic (exact) mass is 238 g/mol. The molecule has 0 rings (SSSR count). The molecule has 90 valence electrons. The van der Waals surface area contributed by atoms with E-state index in [2.05, 4.69) is 0 Å². The van der Waals surface area contributed by atoms with Gasteiger partial charge in [-0.3, -0.25) is 9.36 Å². The number of carbonyl (C=O) groups excluding carboxylic acids is 1. The standard InChI is InChI=1S/C9H19O5P/c1-2-14-9(10)7-5-3-4-6-8-15(11,12)13/h2-8H2,1H3,(H2,11,12,13). The van der Waals surface area contributed by atoms with Gasteiger partial charge >= 0.3 is 13.6 Å². The quantitative estimate of drug-likeness (QED) is 0.382. The molecule has 0 aliphatic carbocycles. The number of hydrogen-bond acceptors (Lipinski definition) is 3. The minimum Gasteiger partial charge on any atom is -0.466 e. The normalized spacial score (nSPS) is 11.4. The molecule has 0 bridgehead atoms. The lowest BCUT2D eigenvalue weighted by atomic mass is 10.1. The molecule has 0 heterocycles. The van der Waals surface area contributed by atoms with Crippen LogP contribution in [0, 0.1) is 0 Å². The van der Waals surface area contributed by atoms with Crippen LogP contribution in [0.1, 0.15) is 39.0 Å². The van der Waals surface area contributed by atoms with Crippen molar-refractivity contribution in [1.82, 2.24) is 0 Å². The minimum absolute atomic E-state index is 0.0631. The Balaban J connectivity index is 3.25. The number of ether oxygens (including phenoxy) is 1. The molecular formula is C9H19O5P. The van der Waals surface area contributed by atoms with Gasteiger partial charge in [-0.2, -0.15) is 0 Å². The predicted molar refractivity (Wildman–Crippen MR) is 56.6 cm³/mol. The van der Waals surface area contributed by atoms with Gasteiger partial charge in [0, 0.05) is 12.6 Å². The number of esters is 1. The number of unbranched alkanes of at least 4 members (excludes halogenated alkanes) is 3. The van der Waals surface area contributed by atoms with Gasteiger partial charge in [0.1, 0.15) is 0 Å². The van der Waals surface area contributed by atoms with Gasteiger partial charge in [-0.1, -0.05) is 12.8 Å². The molecule has 5 nitrogen and oxygen atoms in total. The van der Waals surface area contributed by atoms with Crippen LogP contribution in [0.5, 0.6) is 0 Å². The summed E-state index contributed by atoms with van der Waals surface area (Å²) in [6.45, 7) is 2.16. The van der Waals surface area contributed by atoms with Gasteiger partial charge < -0.3 is 14.5 Å². The third-order valence-corrected chi connectivity index (χ3v) is 2.78. The molecule has 0 aromatic carbocycles. The summed E-state index contributed by atoms with van der Waals surface area (Å²) >= 11 is 0. The number of rotatable bonds is 8. The summed E-state index contributed by atoms with van der Waals surface area (Å²) in [5.41, 5.74) is 0. The van der Waals surface area contributed by atoms with Crippen molar-refractivity contribution in [2.24, 2.45) is 0 Å². The van der Waals surface area contributed by atoms with E-state index in [1.165, 1.54) is 0 Å². The number of hydrogen-bond donors (Lipinski definition) is 2. The molecule has 0 saturated heterocycles. The Morgan fingerprint density at radius 1 is 1.20 bits per heavy atom. The van der Waals surface area contributed by atoms with E-state index in [4.69, 9.17) is 14.5 Å². The van der Waals surface area contributed by atoms with E-state index in [9.17, 15) is 9.36 Å². The van der Waals surface area contributed by atoms with E-state index in [0.717, 1.165) is 19.3 Å². The van der Waals surface area contributed by atoms with Crippen LogP contribution in [0.2, 0.25) is 0 Å². The van der Waals surface area contributed by atoms with Gasteiger partial charge in [0.2, 0.25) is 0 Å². The zero-order chi connectivity index (χ0) is 11.7. The summed E-state index contributed by atoms with van der Waals surface area (Å²) in [5.74, 6) is -0.201. The highest BCUT2D eigenvalue weighted by atomic mass is 31.2. The van der Waals surface area contributed by atoms with Crippen molar-refractivity contribution >= 4 is 13.6 Å². The van der Waals surface area contributed by atoms with E-state index in [-0.39, 0.29) is 12.1 Å². The molecule has 0 fully saturated rings. The van der Waals surface area contributed by atoms with E-state index < -0.39 is 7.60 Å². The first kappa shape index (κ1) is 14.6. The van der Waals surface area contributed by atoms with Gasteiger partial charge in [-0.05, 0) is 19.8 Å². The van der Waals surface area contributed by atoms with Gasteiger partial charge in [-0.25, -0.2) is 0 Å². The van der Waals surface area contributed by atoms with Gasteiger partial charge in [0.15, 0.2) is 0 Å². The minimum atomic E-state index is -3.84. The van der Waals surface area contributed by atoms with E-state index >= 15 is 0 Å². The molecule has 15 heavy (non-hydrogen) atoms. The van der Waals surface area contributed by atoms with Crippen LogP contribution < -0.4 is 0 Å². The zero-order valence-corrected chi connectivity index (χ0v) is 9.91. The van der Waals surface area contributed by atoms with Crippen LogP contribution >= 0.6 is 7.60 Å². The van der Waals surface area contributed by atoms with Crippen LogP contribution in [0.3, 0.4) is 0 Å². The fraction of sp³-hybridized carbons (Fsp3) is 0.889. The lowest BCUT2D eigenvalue weighted by Gasteiger charge is -2.03. The van der Waals surface area contributed by atoms with Crippen LogP contribution in [0.4, 0.5) is 0 Å². The summed E-state index contributed by atoms with van der Waals surface area (Å²) in [6, 6.07) is 0. The molecule has 0 atom stereocenters. The topological polar surface area (TPSA) is 83.8 Å². The van der Waals surface area contributed by atoms with Crippen LogP contribution in [-0.4, -0.2) is 28.5 Å². The van der Waals surface area contributed by atoms with Crippen molar-refractivity contribution in [2.75, 3.05) is 12.8 Å². The molecule has 6 heteroatoms. The summed E-state index contributed by atoms with van der Waals surface area (Å²) in [5, 5.41) is 0. The average molecular weight is 238 g/mol.